The number of nitrogens with one attached hydrogen (secondary N) is 1. The van der Waals surface area contributed by atoms with Gasteiger partial charge >= 0.3 is 5.97 Å². The van der Waals surface area contributed by atoms with Gasteiger partial charge in [-0.05, 0) is 30.4 Å². The number of aliphatic carboxylic acids is 1. The van der Waals surface area contributed by atoms with Gasteiger partial charge in [-0.1, -0.05) is 39.0 Å². The van der Waals surface area contributed by atoms with E-state index in [1.165, 1.54) is 0 Å². The molecule has 0 saturated carbocycles. The van der Waals surface area contributed by atoms with Gasteiger partial charge in [0.15, 0.2) is 0 Å². The lowest BCUT2D eigenvalue weighted by Gasteiger charge is -2.26. The quantitative estimate of drug-likeness (QED) is 0.869. The van der Waals surface area contributed by atoms with Crippen molar-refractivity contribution in [3.05, 3.63) is 35.4 Å². The molecule has 20 heavy (non-hydrogen) atoms. The predicted molar refractivity (Wildman–Crippen MR) is 78.8 cm³/mol. The number of hydrogen-bond donors (Lipinski definition) is 2. The third kappa shape index (κ3) is 5.43. The molecule has 110 valence electrons. The molecule has 0 spiro atoms. The van der Waals surface area contributed by atoms with Gasteiger partial charge in [0, 0.05) is 11.6 Å². The highest BCUT2D eigenvalue weighted by Crippen LogP contribution is 2.22. The number of aryl methyl sites for hydroxylation is 1. The summed E-state index contributed by atoms with van der Waals surface area (Å²) in [6, 6.07) is 6.93. The number of rotatable bonds is 5. The minimum atomic E-state index is -0.899. The Morgan fingerprint density at radius 2 is 1.85 bits per heavy atom. The molecule has 0 saturated heterocycles. The fourth-order valence-corrected chi connectivity index (χ4v) is 2.22. The molecule has 0 fully saturated rings. The Labute approximate surface area is 120 Å². The lowest BCUT2D eigenvalue weighted by molar-refractivity contribution is -0.137. The van der Waals surface area contributed by atoms with Gasteiger partial charge < -0.3 is 10.4 Å². The van der Waals surface area contributed by atoms with E-state index in [2.05, 4.69) is 5.32 Å². The van der Waals surface area contributed by atoms with E-state index < -0.39 is 5.97 Å². The molecule has 0 bridgehead atoms. The Hall–Kier alpha value is -1.84. The molecule has 0 radical (unpaired) electrons. The molecule has 1 aromatic carbocycles. The van der Waals surface area contributed by atoms with Crippen molar-refractivity contribution in [1.82, 2.24) is 5.32 Å². The van der Waals surface area contributed by atoms with Gasteiger partial charge in [-0.25, -0.2) is 0 Å². The van der Waals surface area contributed by atoms with Crippen molar-refractivity contribution < 1.29 is 14.7 Å². The van der Waals surface area contributed by atoms with E-state index in [4.69, 9.17) is 5.11 Å². The average Bonchev–Trinajstić information content (AvgIpc) is 2.25. The highest BCUT2D eigenvalue weighted by molar-refractivity contribution is 5.95. The Morgan fingerprint density at radius 3 is 2.35 bits per heavy atom. The van der Waals surface area contributed by atoms with Crippen LogP contribution in [0, 0.1) is 12.3 Å². The number of amides is 1. The summed E-state index contributed by atoms with van der Waals surface area (Å²) in [5.41, 5.74) is 1.44. The average molecular weight is 277 g/mol. The van der Waals surface area contributed by atoms with Crippen molar-refractivity contribution in [3.63, 3.8) is 0 Å². The molecule has 0 aliphatic heterocycles. The Morgan fingerprint density at radius 1 is 1.25 bits per heavy atom. The van der Waals surface area contributed by atoms with Crippen LogP contribution in [0.4, 0.5) is 0 Å². The summed E-state index contributed by atoms with van der Waals surface area (Å²) >= 11 is 0. The van der Waals surface area contributed by atoms with Gasteiger partial charge in [-0.2, -0.15) is 0 Å². The maximum Gasteiger partial charge on any atom is 0.305 e. The van der Waals surface area contributed by atoms with Crippen LogP contribution in [0.3, 0.4) is 0 Å². The van der Waals surface area contributed by atoms with Crippen LogP contribution in [0.25, 0.3) is 0 Å². The van der Waals surface area contributed by atoms with Crippen LogP contribution in [-0.4, -0.2) is 23.0 Å². The zero-order valence-electron chi connectivity index (χ0n) is 12.6. The lowest BCUT2D eigenvalue weighted by Crippen LogP contribution is -2.39. The van der Waals surface area contributed by atoms with Gasteiger partial charge in [0.1, 0.15) is 0 Å². The molecule has 1 aromatic rings. The van der Waals surface area contributed by atoms with Gasteiger partial charge in [-0.15, -0.1) is 0 Å². The SMILES string of the molecule is Cc1ccccc1C(=O)NC(CC(=O)O)CC(C)(C)C. The summed E-state index contributed by atoms with van der Waals surface area (Å²) < 4.78 is 0. The predicted octanol–water partition coefficient (Wildman–Crippen LogP) is 3.00. The minimum absolute atomic E-state index is 0.0425. The van der Waals surface area contributed by atoms with Crippen molar-refractivity contribution in [2.24, 2.45) is 5.41 Å². The van der Waals surface area contributed by atoms with Crippen molar-refractivity contribution >= 4 is 11.9 Å². The van der Waals surface area contributed by atoms with Crippen LogP contribution in [0.15, 0.2) is 24.3 Å². The van der Waals surface area contributed by atoms with Crippen molar-refractivity contribution in [3.8, 4) is 0 Å². The second-order valence-electron chi connectivity index (χ2n) is 6.35. The Balaban J connectivity index is 2.81. The summed E-state index contributed by atoms with van der Waals surface area (Å²) in [4.78, 5) is 23.2. The van der Waals surface area contributed by atoms with Gasteiger partial charge in [0.25, 0.3) is 5.91 Å². The largest absolute Gasteiger partial charge is 0.481 e. The third-order valence-corrected chi connectivity index (χ3v) is 3.00. The van der Waals surface area contributed by atoms with Crippen LogP contribution in [0.2, 0.25) is 0 Å². The van der Waals surface area contributed by atoms with E-state index in [-0.39, 0.29) is 23.8 Å². The molecule has 0 heterocycles. The van der Waals surface area contributed by atoms with Crippen LogP contribution < -0.4 is 5.32 Å². The van der Waals surface area contributed by atoms with E-state index in [9.17, 15) is 9.59 Å². The fourth-order valence-electron chi connectivity index (χ4n) is 2.22. The molecular formula is C16H23NO3. The summed E-state index contributed by atoms with van der Waals surface area (Å²) in [6.45, 7) is 7.95. The number of hydrogen-bond acceptors (Lipinski definition) is 2. The molecule has 2 N–H and O–H groups in total. The van der Waals surface area contributed by atoms with Crippen molar-refractivity contribution in [2.45, 2.75) is 46.6 Å². The van der Waals surface area contributed by atoms with Crippen molar-refractivity contribution in [2.75, 3.05) is 0 Å². The first-order valence-corrected chi connectivity index (χ1v) is 6.77. The highest BCUT2D eigenvalue weighted by Gasteiger charge is 2.23. The number of carbonyl (C=O) groups excluding carboxylic acids is 1. The molecule has 0 aliphatic carbocycles. The topological polar surface area (TPSA) is 66.4 Å². The minimum Gasteiger partial charge on any atom is -0.481 e. The standard InChI is InChI=1S/C16H23NO3/c1-11-7-5-6-8-13(11)15(20)17-12(9-14(18)19)10-16(2,3)4/h5-8,12H,9-10H2,1-4H3,(H,17,20)(H,18,19). The van der Waals surface area contributed by atoms with Gasteiger partial charge in [0.05, 0.1) is 6.42 Å². The van der Waals surface area contributed by atoms with Gasteiger partial charge in [-0.3, -0.25) is 9.59 Å². The number of carboxylic acids is 1. The molecule has 0 aromatic heterocycles. The number of carboxylic acid groups (broad SMARTS) is 1. The van der Waals surface area contributed by atoms with E-state index in [1.54, 1.807) is 12.1 Å². The summed E-state index contributed by atoms with van der Waals surface area (Å²) in [7, 11) is 0. The number of benzene rings is 1. The zero-order chi connectivity index (χ0) is 15.3. The Bertz CT molecular complexity index is 489. The van der Waals surface area contributed by atoms with Crippen LogP contribution in [0.5, 0.6) is 0 Å². The molecule has 1 atom stereocenters. The van der Waals surface area contributed by atoms with Gasteiger partial charge in [0.2, 0.25) is 0 Å². The first-order chi connectivity index (χ1) is 9.19. The normalized spacial score (nSPS) is 12.8. The van der Waals surface area contributed by atoms with Crippen LogP contribution in [0.1, 0.15) is 49.5 Å². The first kappa shape index (κ1) is 16.2. The third-order valence-electron chi connectivity index (χ3n) is 3.00. The van der Waals surface area contributed by atoms with E-state index in [1.807, 2.05) is 39.8 Å². The smallest absolute Gasteiger partial charge is 0.305 e. The molecule has 0 aliphatic rings. The summed E-state index contributed by atoms with van der Waals surface area (Å²) in [6.07, 6.45) is 0.561. The molecule has 1 amide bonds. The monoisotopic (exact) mass is 277 g/mol. The van der Waals surface area contributed by atoms with Crippen LogP contribution in [-0.2, 0) is 4.79 Å². The maximum atomic E-state index is 12.2. The molecule has 4 heteroatoms. The zero-order valence-corrected chi connectivity index (χ0v) is 12.6. The first-order valence-electron chi connectivity index (χ1n) is 6.77. The lowest BCUT2D eigenvalue weighted by atomic mass is 9.87. The molecule has 1 rings (SSSR count). The Kier molecular flexibility index (Phi) is 5.31. The summed E-state index contributed by atoms with van der Waals surface area (Å²) in [5.74, 6) is -1.11. The molecule has 1 unspecified atom stereocenters. The van der Waals surface area contributed by atoms with Crippen LogP contribution >= 0.6 is 0 Å². The fraction of sp³-hybridized carbons (Fsp3) is 0.500. The van der Waals surface area contributed by atoms with E-state index in [0.717, 1.165) is 5.56 Å². The summed E-state index contributed by atoms with van der Waals surface area (Å²) in [5, 5.41) is 11.8. The molecule has 4 nitrogen and oxygen atoms in total. The second kappa shape index (κ2) is 6.55. The maximum absolute atomic E-state index is 12.2. The van der Waals surface area contributed by atoms with Crippen molar-refractivity contribution in [1.29, 1.82) is 0 Å². The number of carbonyl (C=O) groups is 2. The highest BCUT2D eigenvalue weighted by atomic mass is 16.4. The van der Waals surface area contributed by atoms with E-state index in [0.29, 0.717) is 12.0 Å². The van der Waals surface area contributed by atoms with E-state index >= 15 is 0 Å². The molecular weight excluding hydrogens is 254 g/mol. The second-order valence-corrected chi connectivity index (χ2v) is 6.35.